The van der Waals surface area contributed by atoms with Gasteiger partial charge in [0.05, 0.1) is 24.9 Å². The molecular formula is C30H35N3O2S2. The van der Waals surface area contributed by atoms with Crippen molar-refractivity contribution in [2.24, 2.45) is 5.41 Å². The molecule has 2 aromatic heterocycles. The number of carbonyl (C=O) groups is 1. The lowest BCUT2D eigenvalue weighted by Gasteiger charge is -2.44. The average molecular weight is 534 g/mol. The van der Waals surface area contributed by atoms with Crippen molar-refractivity contribution in [3.63, 3.8) is 0 Å². The van der Waals surface area contributed by atoms with Crippen molar-refractivity contribution in [2.45, 2.75) is 31.2 Å². The topological polar surface area (TPSA) is 45.7 Å². The highest BCUT2D eigenvalue weighted by molar-refractivity contribution is 7.98. The van der Waals surface area contributed by atoms with Crippen molar-refractivity contribution < 1.29 is 9.53 Å². The maximum atomic E-state index is 14.0. The third-order valence-corrected chi connectivity index (χ3v) is 8.87. The molecule has 2 aliphatic heterocycles. The van der Waals surface area contributed by atoms with Gasteiger partial charge in [-0.2, -0.15) is 0 Å². The molecule has 1 unspecified atom stereocenters. The van der Waals surface area contributed by atoms with Crippen LogP contribution in [0.2, 0.25) is 0 Å². The number of pyridine rings is 1. The van der Waals surface area contributed by atoms with Crippen molar-refractivity contribution in [3.8, 4) is 0 Å². The molecule has 2 saturated heterocycles. The summed E-state index contributed by atoms with van der Waals surface area (Å²) < 4.78 is 5.52. The van der Waals surface area contributed by atoms with Crippen LogP contribution in [0.4, 0.5) is 5.82 Å². The number of piperidine rings is 1. The normalized spacial score (nSPS) is 21.5. The number of nitrogens with zero attached hydrogens (tertiary/aromatic N) is 3. The SMILES string of the molecule is CSc1ccc(C2C(=Cc3cccc(N4CCOCC4)n3)C(=O)C(C)(C)CN2CCc2cccs2)cc1. The minimum absolute atomic E-state index is 0.106. The summed E-state index contributed by atoms with van der Waals surface area (Å²) >= 11 is 3.53. The molecule has 0 radical (unpaired) electrons. The average Bonchev–Trinajstić information content (AvgIpc) is 3.45. The first-order valence-electron chi connectivity index (χ1n) is 12.9. The van der Waals surface area contributed by atoms with E-state index in [0.29, 0.717) is 13.2 Å². The number of anilines is 1. The number of morpholine rings is 1. The van der Waals surface area contributed by atoms with Gasteiger partial charge in [-0.1, -0.05) is 38.1 Å². The van der Waals surface area contributed by atoms with Crippen molar-refractivity contribution >= 4 is 40.8 Å². The molecule has 4 heterocycles. The molecule has 0 saturated carbocycles. The Labute approximate surface area is 228 Å². The summed E-state index contributed by atoms with van der Waals surface area (Å²) in [6, 6.07) is 19.0. The van der Waals surface area contributed by atoms with Crippen molar-refractivity contribution in [1.29, 1.82) is 0 Å². The quantitative estimate of drug-likeness (QED) is 0.275. The highest BCUT2D eigenvalue weighted by atomic mass is 32.2. The summed E-state index contributed by atoms with van der Waals surface area (Å²) in [4.78, 5) is 26.3. The van der Waals surface area contributed by atoms with E-state index < -0.39 is 5.41 Å². The third kappa shape index (κ3) is 6.01. The van der Waals surface area contributed by atoms with Crippen LogP contribution in [0.3, 0.4) is 0 Å². The first-order valence-corrected chi connectivity index (χ1v) is 15.0. The second kappa shape index (κ2) is 11.5. The number of ether oxygens (including phenoxy) is 1. The number of ketones is 1. The number of likely N-dealkylation sites (tertiary alicyclic amines) is 1. The Morgan fingerprint density at radius 3 is 2.59 bits per heavy atom. The molecule has 1 aromatic carbocycles. The van der Waals surface area contributed by atoms with Gasteiger partial charge in [0.2, 0.25) is 0 Å². The Balaban J connectivity index is 1.54. The molecule has 0 amide bonds. The number of Topliss-reactive ketones (excluding diaryl/α,β-unsaturated/α-hetero) is 1. The molecule has 5 rings (SSSR count). The van der Waals surface area contributed by atoms with Crippen molar-refractivity contribution in [1.82, 2.24) is 9.88 Å². The van der Waals surface area contributed by atoms with E-state index in [1.54, 1.807) is 23.1 Å². The monoisotopic (exact) mass is 533 g/mol. The van der Waals surface area contributed by atoms with Crippen LogP contribution in [0.25, 0.3) is 6.08 Å². The standard InChI is InChI=1S/C30H35N3O2S2/c1-30(2)21-33(14-13-25-7-5-19-37-25)28(22-9-11-24(36-3)12-10-22)26(29(30)34)20-23-6-4-8-27(31-23)32-15-17-35-18-16-32/h4-12,19-20,28H,13-18,21H2,1-3H3. The molecule has 37 heavy (non-hydrogen) atoms. The van der Waals surface area contributed by atoms with Gasteiger partial charge in [0, 0.05) is 46.9 Å². The minimum atomic E-state index is -0.473. The lowest BCUT2D eigenvalue weighted by atomic mass is 9.74. The Hall–Kier alpha value is -2.45. The molecule has 0 spiro atoms. The van der Waals surface area contributed by atoms with Gasteiger partial charge >= 0.3 is 0 Å². The number of rotatable bonds is 7. The van der Waals surface area contributed by atoms with E-state index in [0.717, 1.165) is 55.2 Å². The smallest absolute Gasteiger partial charge is 0.167 e. The van der Waals surface area contributed by atoms with E-state index in [1.165, 1.54) is 9.77 Å². The summed E-state index contributed by atoms with van der Waals surface area (Å²) in [6.45, 7) is 8.87. The summed E-state index contributed by atoms with van der Waals surface area (Å²) in [5, 5.41) is 2.13. The van der Waals surface area contributed by atoms with Crippen LogP contribution in [0.5, 0.6) is 0 Å². The van der Waals surface area contributed by atoms with E-state index in [-0.39, 0.29) is 11.8 Å². The number of thiophene rings is 1. The first kappa shape index (κ1) is 26.2. The Kier molecular flexibility index (Phi) is 8.15. The van der Waals surface area contributed by atoms with E-state index in [4.69, 9.17) is 9.72 Å². The Bertz CT molecular complexity index is 1230. The van der Waals surface area contributed by atoms with Crippen molar-refractivity contribution in [3.05, 3.63) is 81.7 Å². The number of hydrogen-bond donors (Lipinski definition) is 0. The van der Waals surface area contributed by atoms with Crippen LogP contribution in [-0.4, -0.2) is 61.3 Å². The molecule has 2 fully saturated rings. The predicted molar refractivity (Wildman–Crippen MR) is 155 cm³/mol. The van der Waals surface area contributed by atoms with Gasteiger partial charge < -0.3 is 9.64 Å². The van der Waals surface area contributed by atoms with Crippen molar-refractivity contribution in [2.75, 3.05) is 50.5 Å². The lowest BCUT2D eigenvalue weighted by Crippen LogP contribution is -2.49. The number of carbonyl (C=O) groups excluding carboxylic acids is 1. The zero-order chi connectivity index (χ0) is 25.8. The van der Waals surface area contributed by atoms with Gasteiger partial charge in [-0.05, 0) is 60.0 Å². The summed E-state index contributed by atoms with van der Waals surface area (Å²) in [5.74, 6) is 1.15. The van der Waals surface area contributed by atoms with Crippen LogP contribution < -0.4 is 4.90 Å². The minimum Gasteiger partial charge on any atom is -0.378 e. The molecular weight excluding hydrogens is 498 g/mol. The highest BCUT2D eigenvalue weighted by Crippen LogP contribution is 2.42. The summed E-state index contributed by atoms with van der Waals surface area (Å²) in [6.07, 6.45) is 5.10. The summed E-state index contributed by atoms with van der Waals surface area (Å²) in [5.41, 5.74) is 2.34. The highest BCUT2D eigenvalue weighted by Gasteiger charge is 2.43. The third-order valence-electron chi connectivity index (χ3n) is 7.19. The molecule has 194 valence electrons. The largest absolute Gasteiger partial charge is 0.378 e. The molecule has 7 heteroatoms. The second-order valence-corrected chi connectivity index (χ2v) is 12.2. The Morgan fingerprint density at radius 1 is 1.11 bits per heavy atom. The van der Waals surface area contributed by atoms with Crippen LogP contribution >= 0.6 is 23.1 Å². The summed E-state index contributed by atoms with van der Waals surface area (Å²) in [7, 11) is 0. The number of aromatic nitrogens is 1. The van der Waals surface area contributed by atoms with Gasteiger partial charge in [-0.3, -0.25) is 9.69 Å². The van der Waals surface area contributed by atoms with Gasteiger partial charge in [-0.15, -0.1) is 23.1 Å². The van der Waals surface area contributed by atoms with Crippen LogP contribution in [0, 0.1) is 5.41 Å². The van der Waals surface area contributed by atoms with E-state index in [2.05, 4.69) is 71.7 Å². The van der Waals surface area contributed by atoms with Gasteiger partial charge in [-0.25, -0.2) is 4.98 Å². The fraction of sp³-hybridized carbons (Fsp3) is 0.400. The number of hydrogen-bond acceptors (Lipinski definition) is 7. The molecule has 0 N–H and O–H groups in total. The zero-order valence-corrected chi connectivity index (χ0v) is 23.5. The number of benzene rings is 1. The fourth-order valence-corrected chi connectivity index (χ4v) is 6.37. The maximum Gasteiger partial charge on any atom is 0.167 e. The van der Waals surface area contributed by atoms with Gasteiger partial charge in [0.1, 0.15) is 5.82 Å². The van der Waals surface area contributed by atoms with E-state index in [9.17, 15) is 4.79 Å². The second-order valence-electron chi connectivity index (χ2n) is 10.3. The molecule has 1 atom stereocenters. The molecule has 3 aromatic rings. The zero-order valence-electron chi connectivity index (χ0n) is 21.9. The van der Waals surface area contributed by atoms with Crippen LogP contribution in [0.1, 0.15) is 36.0 Å². The van der Waals surface area contributed by atoms with Gasteiger partial charge in [0.15, 0.2) is 5.78 Å². The first-order chi connectivity index (χ1) is 17.9. The Morgan fingerprint density at radius 2 is 1.89 bits per heavy atom. The van der Waals surface area contributed by atoms with Crippen LogP contribution in [0.15, 0.2) is 70.4 Å². The number of thioether (sulfide) groups is 1. The fourth-order valence-electron chi connectivity index (χ4n) is 5.27. The van der Waals surface area contributed by atoms with E-state index in [1.807, 2.05) is 24.3 Å². The van der Waals surface area contributed by atoms with Gasteiger partial charge in [0.25, 0.3) is 0 Å². The molecule has 0 aliphatic carbocycles. The van der Waals surface area contributed by atoms with Crippen LogP contribution in [-0.2, 0) is 16.0 Å². The molecule has 5 nitrogen and oxygen atoms in total. The van der Waals surface area contributed by atoms with E-state index >= 15 is 0 Å². The predicted octanol–water partition coefficient (Wildman–Crippen LogP) is 5.98. The molecule has 2 aliphatic rings. The molecule has 0 bridgehead atoms. The maximum absolute atomic E-state index is 14.0. The lowest BCUT2D eigenvalue weighted by molar-refractivity contribution is -0.128.